The lowest BCUT2D eigenvalue weighted by Gasteiger charge is -2.28. The highest BCUT2D eigenvalue weighted by Crippen LogP contribution is 2.17. The molecule has 1 N–H and O–H groups in total. The second-order valence-corrected chi connectivity index (χ2v) is 6.14. The number of hydrogen-bond acceptors (Lipinski definition) is 6. The Bertz CT molecular complexity index is 577. The number of morpholine rings is 1. The lowest BCUT2D eigenvalue weighted by atomic mass is 10.2. The van der Waals surface area contributed by atoms with Gasteiger partial charge in [0.1, 0.15) is 12.4 Å². The number of benzene rings is 1. The van der Waals surface area contributed by atoms with Gasteiger partial charge in [0.2, 0.25) is 0 Å². The van der Waals surface area contributed by atoms with Gasteiger partial charge in [0.25, 0.3) is 10.1 Å². The Morgan fingerprint density at radius 1 is 1.24 bits per heavy atom. The molecule has 0 bridgehead atoms. The fourth-order valence-electron chi connectivity index (χ4n) is 1.95. The minimum atomic E-state index is -4.12. The first-order valence-electron chi connectivity index (χ1n) is 6.51. The highest BCUT2D eigenvalue weighted by molar-refractivity contribution is 7.85. The zero-order valence-electron chi connectivity index (χ0n) is 11.4. The molecule has 7 nitrogen and oxygen atoms in total. The lowest BCUT2D eigenvalue weighted by Crippen LogP contribution is -2.36. The van der Waals surface area contributed by atoms with E-state index in [4.69, 9.17) is 14.0 Å². The standard InChI is InChI=1S/C13H17NO6S/c15-13(20-9-10-21(16,17)18)11-1-3-12(4-2-11)14-5-7-19-8-6-14/h1-4H,5-10H2,(H,16,17,18). The average Bonchev–Trinajstić information content (AvgIpc) is 2.47. The van der Waals surface area contributed by atoms with E-state index in [0.29, 0.717) is 18.8 Å². The molecule has 1 aromatic rings. The van der Waals surface area contributed by atoms with Gasteiger partial charge in [-0.25, -0.2) is 4.79 Å². The molecule has 8 heteroatoms. The van der Waals surface area contributed by atoms with E-state index in [1.54, 1.807) is 12.1 Å². The summed E-state index contributed by atoms with van der Waals surface area (Å²) < 4.78 is 39.6. The summed E-state index contributed by atoms with van der Waals surface area (Å²) in [6.07, 6.45) is 0. The van der Waals surface area contributed by atoms with E-state index in [1.807, 2.05) is 12.1 Å². The molecule has 116 valence electrons. The number of esters is 1. The first-order valence-corrected chi connectivity index (χ1v) is 8.12. The summed E-state index contributed by atoms with van der Waals surface area (Å²) in [4.78, 5) is 13.8. The van der Waals surface area contributed by atoms with Crippen LogP contribution in [0.1, 0.15) is 10.4 Å². The van der Waals surface area contributed by atoms with Crippen LogP contribution in [0.15, 0.2) is 24.3 Å². The number of anilines is 1. The van der Waals surface area contributed by atoms with Gasteiger partial charge in [-0.1, -0.05) is 0 Å². The fourth-order valence-corrected chi connectivity index (χ4v) is 2.25. The van der Waals surface area contributed by atoms with Crippen LogP contribution in [0.3, 0.4) is 0 Å². The Hall–Kier alpha value is -1.64. The van der Waals surface area contributed by atoms with Gasteiger partial charge >= 0.3 is 5.97 Å². The first kappa shape index (κ1) is 15.7. The number of rotatable bonds is 5. The third kappa shape index (κ3) is 5.00. The molecular weight excluding hydrogens is 298 g/mol. The van der Waals surface area contributed by atoms with E-state index in [9.17, 15) is 13.2 Å². The summed E-state index contributed by atoms with van der Waals surface area (Å²) in [7, 11) is -4.12. The molecule has 0 atom stereocenters. The molecule has 0 radical (unpaired) electrons. The van der Waals surface area contributed by atoms with E-state index in [1.165, 1.54) is 0 Å². The van der Waals surface area contributed by atoms with Gasteiger partial charge < -0.3 is 14.4 Å². The van der Waals surface area contributed by atoms with Gasteiger partial charge in [-0.15, -0.1) is 0 Å². The van der Waals surface area contributed by atoms with Crippen molar-refractivity contribution >= 4 is 21.8 Å². The van der Waals surface area contributed by atoms with E-state index in [-0.39, 0.29) is 6.61 Å². The van der Waals surface area contributed by atoms with Crippen LogP contribution in [0.5, 0.6) is 0 Å². The number of hydrogen-bond donors (Lipinski definition) is 1. The maximum Gasteiger partial charge on any atom is 0.338 e. The third-order valence-electron chi connectivity index (χ3n) is 3.05. The third-order valence-corrected chi connectivity index (χ3v) is 3.74. The largest absolute Gasteiger partial charge is 0.461 e. The molecule has 1 heterocycles. The van der Waals surface area contributed by atoms with Crippen molar-refractivity contribution in [1.82, 2.24) is 0 Å². The van der Waals surface area contributed by atoms with E-state index in [0.717, 1.165) is 18.8 Å². The van der Waals surface area contributed by atoms with Crippen molar-refractivity contribution < 1.29 is 27.2 Å². The van der Waals surface area contributed by atoms with Gasteiger partial charge in [0.15, 0.2) is 0 Å². The van der Waals surface area contributed by atoms with Crippen molar-refractivity contribution in [2.45, 2.75) is 0 Å². The topological polar surface area (TPSA) is 93.1 Å². The van der Waals surface area contributed by atoms with Crippen molar-refractivity contribution in [2.75, 3.05) is 43.6 Å². The molecular formula is C13H17NO6S. The molecule has 0 amide bonds. The van der Waals surface area contributed by atoms with Crippen molar-refractivity contribution in [3.05, 3.63) is 29.8 Å². The molecule has 2 rings (SSSR count). The molecule has 1 aliphatic heterocycles. The predicted molar refractivity (Wildman–Crippen MR) is 76.2 cm³/mol. The second kappa shape index (κ2) is 6.88. The Morgan fingerprint density at radius 2 is 1.86 bits per heavy atom. The Morgan fingerprint density at radius 3 is 2.43 bits per heavy atom. The Balaban J connectivity index is 1.90. The van der Waals surface area contributed by atoms with E-state index >= 15 is 0 Å². The number of ether oxygens (including phenoxy) is 2. The molecule has 0 unspecified atom stereocenters. The van der Waals surface area contributed by atoms with Gasteiger partial charge in [-0.2, -0.15) is 8.42 Å². The molecule has 1 fully saturated rings. The summed E-state index contributed by atoms with van der Waals surface area (Å²) in [6, 6.07) is 6.87. The van der Waals surface area contributed by atoms with Crippen LogP contribution < -0.4 is 4.90 Å². The molecule has 0 spiro atoms. The first-order chi connectivity index (χ1) is 9.96. The minimum absolute atomic E-state index is 0.336. The van der Waals surface area contributed by atoms with Crippen molar-refractivity contribution in [3.63, 3.8) is 0 Å². The van der Waals surface area contributed by atoms with Crippen LogP contribution in [0.25, 0.3) is 0 Å². The molecule has 0 aromatic heterocycles. The Labute approximate surface area is 123 Å². The van der Waals surface area contributed by atoms with Crippen molar-refractivity contribution in [3.8, 4) is 0 Å². The van der Waals surface area contributed by atoms with E-state index < -0.39 is 21.8 Å². The second-order valence-electron chi connectivity index (χ2n) is 4.57. The van der Waals surface area contributed by atoms with Crippen LogP contribution in [0, 0.1) is 0 Å². The van der Waals surface area contributed by atoms with E-state index in [2.05, 4.69) is 4.90 Å². The van der Waals surface area contributed by atoms with Gasteiger partial charge in [-0.3, -0.25) is 4.55 Å². The quantitative estimate of drug-likeness (QED) is 0.627. The fraction of sp³-hybridized carbons (Fsp3) is 0.462. The molecule has 1 aliphatic rings. The average molecular weight is 315 g/mol. The summed E-state index contributed by atoms with van der Waals surface area (Å²) in [5.74, 6) is -1.22. The predicted octanol–water partition coefficient (Wildman–Crippen LogP) is 0.568. The number of carbonyl (C=O) groups excluding carboxylic acids is 1. The van der Waals surface area contributed by atoms with Crippen LogP contribution >= 0.6 is 0 Å². The van der Waals surface area contributed by atoms with Crippen LogP contribution in [0.2, 0.25) is 0 Å². The van der Waals surface area contributed by atoms with Crippen molar-refractivity contribution in [1.29, 1.82) is 0 Å². The number of carbonyl (C=O) groups is 1. The van der Waals surface area contributed by atoms with Gasteiger partial charge in [0, 0.05) is 18.8 Å². The SMILES string of the molecule is O=C(OCCS(=O)(=O)O)c1ccc(N2CCOCC2)cc1. The summed E-state index contributed by atoms with van der Waals surface area (Å²) in [6.45, 7) is 2.60. The Kier molecular flexibility index (Phi) is 5.16. The normalized spacial score (nSPS) is 15.8. The maximum absolute atomic E-state index is 11.7. The molecule has 21 heavy (non-hydrogen) atoms. The van der Waals surface area contributed by atoms with Crippen LogP contribution in [-0.2, 0) is 19.6 Å². The van der Waals surface area contributed by atoms with Crippen LogP contribution in [-0.4, -0.2) is 57.6 Å². The molecule has 1 aromatic carbocycles. The summed E-state index contributed by atoms with van der Waals surface area (Å²) in [5.41, 5.74) is 1.33. The molecule has 0 saturated carbocycles. The highest BCUT2D eigenvalue weighted by Gasteiger charge is 2.13. The smallest absolute Gasteiger partial charge is 0.338 e. The van der Waals surface area contributed by atoms with Crippen LogP contribution in [0.4, 0.5) is 5.69 Å². The maximum atomic E-state index is 11.7. The zero-order chi connectivity index (χ0) is 15.3. The summed E-state index contributed by atoms with van der Waals surface area (Å²) in [5, 5.41) is 0. The number of nitrogens with zero attached hydrogens (tertiary/aromatic N) is 1. The monoisotopic (exact) mass is 315 g/mol. The van der Waals surface area contributed by atoms with Crippen molar-refractivity contribution in [2.24, 2.45) is 0 Å². The zero-order valence-corrected chi connectivity index (χ0v) is 12.2. The summed E-state index contributed by atoms with van der Waals surface area (Å²) >= 11 is 0. The van der Waals surface area contributed by atoms with Gasteiger partial charge in [0.05, 0.1) is 18.8 Å². The lowest BCUT2D eigenvalue weighted by molar-refractivity contribution is 0.0528. The molecule has 0 aliphatic carbocycles. The molecule has 1 saturated heterocycles. The van der Waals surface area contributed by atoms with Gasteiger partial charge in [-0.05, 0) is 24.3 Å². The highest BCUT2D eigenvalue weighted by atomic mass is 32.2. The minimum Gasteiger partial charge on any atom is -0.461 e.